The molecule has 4 rings (SSSR count). The molecule has 4 aliphatic heterocycles. The lowest BCUT2D eigenvalue weighted by Crippen LogP contribution is -2.57. The largest absolute Gasteiger partial charge is 0.461 e. The van der Waals surface area contributed by atoms with Gasteiger partial charge in [0.2, 0.25) is 11.8 Å². The Morgan fingerprint density at radius 2 is 1.88 bits per heavy atom. The van der Waals surface area contributed by atoms with Crippen molar-refractivity contribution in [2.45, 2.75) is 69.7 Å². The summed E-state index contributed by atoms with van der Waals surface area (Å²) in [6, 6.07) is -0.864. The van der Waals surface area contributed by atoms with Gasteiger partial charge in [-0.1, -0.05) is 25.2 Å². The number of nitrogens with zero attached hydrogens (tertiary/aromatic N) is 2. The smallest absolute Gasteiger partial charge is 0.313 e. The van der Waals surface area contributed by atoms with E-state index in [0.29, 0.717) is 32.4 Å². The lowest BCUT2D eigenvalue weighted by atomic mass is 9.73. The molecular weight excluding hydrogens is 412 g/mol. The number of likely N-dealkylation sites (tertiary alicyclic amines) is 1. The standard InChI is InChI=1S/C24H34N2O6/c1-4-23-10-9-15-31-22(30)18(23)17-20(28)26(12-6-5-7-14-27)19-21(29)25(16(2)3)13-8-11-24(17,19)32-23/h8-11,16-19,27H,4-7,12-15H2,1-3H3/t17-,18+,19?,23-,24-/m0/s1. The average molecular weight is 447 g/mol. The van der Waals surface area contributed by atoms with Crippen molar-refractivity contribution in [2.24, 2.45) is 11.8 Å². The predicted octanol–water partition coefficient (Wildman–Crippen LogP) is 1.43. The molecule has 4 heterocycles. The van der Waals surface area contributed by atoms with Crippen LogP contribution in [0.3, 0.4) is 0 Å². The maximum absolute atomic E-state index is 13.9. The number of amides is 2. The van der Waals surface area contributed by atoms with Crippen LogP contribution in [-0.2, 0) is 23.9 Å². The first-order chi connectivity index (χ1) is 15.3. The third-order valence-corrected chi connectivity index (χ3v) is 7.41. The molecule has 8 nitrogen and oxygen atoms in total. The van der Waals surface area contributed by atoms with Crippen LogP contribution in [0.2, 0.25) is 0 Å². The van der Waals surface area contributed by atoms with Crippen molar-refractivity contribution in [3.05, 3.63) is 24.3 Å². The third-order valence-electron chi connectivity index (χ3n) is 7.41. The minimum atomic E-state index is -1.21. The van der Waals surface area contributed by atoms with E-state index in [1.807, 2.05) is 39.0 Å². The zero-order chi connectivity index (χ0) is 23.1. The molecule has 1 N–H and O–H groups in total. The minimum absolute atomic E-state index is 0.0374. The summed E-state index contributed by atoms with van der Waals surface area (Å²) in [7, 11) is 0. The Hall–Kier alpha value is -2.19. The summed E-state index contributed by atoms with van der Waals surface area (Å²) in [5, 5.41) is 9.12. The van der Waals surface area contributed by atoms with E-state index in [-0.39, 0.29) is 31.1 Å². The van der Waals surface area contributed by atoms with E-state index in [4.69, 9.17) is 14.6 Å². The van der Waals surface area contributed by atoms with E-state index in [9.17, 15) is 14.4 Å². The Morgan fingerprint density at radius 3 is 2.56 bits per heavy atom. The number of cyclic esters (lactones) is 1. The number of hydrogen-bond acceptors (Lipinski definition) is 6. The van der Waals surface area contributed by atoms with E-state index < -0.39 is 35.0 Å². The van der Waals surface area contributed by atoms with Crippen molar-refractivity contribution in [2.75, 3.05) is 26.3 Å². The normalized spacial score (nSPS) is 36.2. The summed E-state index contributed by atoms with van der Waals surface area (Å²) in [6.45, 7) is 6.90. The summed E-state index contributed by atoms with van der Waals surface area (Å²) in [5.41, 5.74) is -2.19. The first-order valence-electron chi connectivity index (χ1n) is 11.8. The van der Waals surface area contributed by atoms with Gasteiger partial charge in [-0.25, -0.2) is 0 Å². The molecule has 1 unspecified atom stereocenters. The Labute approximate surface area is 189 Å². The van der Waals surface area contributed by atoms with Gasteiger partial charge in [0.05, 0.1) is 5.92 Å². The first kappa shape index (κ1) is 23.0. The van der Waals surface area contributed by atoms with Gasteiger partial charge in [-0.05, 0) is 45.6 Å². The van der Waals surface area contributed by atoms with Gasteiger partial charge >= 0.3 is 5.97 Å². The van der Waals surface area contributed by atoms with Crippen molar-refractivity contribution in [1.82, 2.24) is 9.80 Å². The highest BCUT2D eigenvalue weighted by molar-refractivity contribution is 5.99. The molecule has 0 aromatic carbocycles. The highest BCUT2D eigenvalue weighted by Crippen LogP contribution is 2.58. The van der Waals surface area contributed by atoms with Gasteiger partial charge in [0.1, 0.15) is 29.8 Å². The predicted molar refractivity (Wildman–Crippen MR) is 116 cm³/mol. The molecule has 0 saturated carbocycles. The molecular formula is C24H34N2O6. The third kappa shape index (κ3) is 3.30. The number of unbranched alkanes of at least 4 members (excludes halogenated alkanes) is 2. The topological polar surface area (TPSA) is 96.4 Å². The van der Waals surface area contributed by atoms with E-state index in [1.54, 1.807) is 15.9 Å². The molecule has 1 spiro atoms. The fraction of sp³-hybridized carbons (Fsp3) is 0.708. The summed E-state index contributed by atoms with van der Waals surface area (Å²) in [6.07, 6.45) is 9.94. The monoisotopic (exact) mass is 446 g/mol. The first-order valence-corrected chi connectivity index (χ1v) is 11.8. The molecule has 32 heavy (non-hydrogen) atoms. The van der Waals surface area contributed by atoms with Gasteiger partial charge < -0.3 is 24.4 Å². The number of fused-ring (bicyclic) bond motifs is 2. The molecule has 8 heteroatoms. The maximum atomic E-state index is 13.9. The molecule has 4 aliphatic rings. The highest BCUT2D eigenvalue weighted by atomic mass is 16.6. The molecule has 0 aromatic heterocycles. The van der Waals surface area contributed by atoms with Crippen LogP contribution in [0, 0.1) is 11.8 Å². The van der Waals surface area contributed by atoms with Gasteiger partial charge in [-0.3, -0.25) is 14.4 Å². The lowest BCUT2D eigenvalue weighted by Gasteiger charge is -2.39. The molecule has 0 bridgehead atoms. The summed E-state index contributed by atoms with van der Waals surface area (Å²) in [4.78, 5) is 44.2. The molecule has 0 aromatic rings. The number of esters is 1. The lowest BCUT2D eigenvalue weighted by molar-refractivity contribution is -0.159. The van der Waals surface area contributed by atoms with Crippen molar-refractivity contribution < 1.29 is 29.0 Å². The molecule has 0 radical (unpaired) electrons. The van der Waals surface area contributed by atoms with Crippen molar-refractivity contribution in [3.8, 4) is 0 Å². The van der Waals surface area contributed by atoms with E-state index >= 15 is 0 Å². The maximum Gasteiger partial charge on any atom is 0.313 e. The van der Waals surface area contributed by atoms with Crippen LogP contribution in [-0.4, -0.2) is 82.3 Å². The summed E-state index contributed by atoms with van der Waals surface area (Å²) >= 11 is 0. The van der Waals surface area contributed by atoms with Crippen molar-refractivity contribution in [3.63, 3.8) is 0 Å². The van der Waals surface area contributed by atoms with Crippen LogP contribution in [0.1, 0.15) is 46.5 Å². The van der Waals surface area contributed by atoms with E-state index in [1.165, 1.54) is 0 Å². The van der Waals surface area contributed by atoms with Crippen LogP contribution in [0.15, 0.2) is 24.3 Å². The van der Waals surface area contributed by atoms with Crippen LogP contribution in [0.4, 0.5) is 0 Å². The zero-order valence-electron chi connectivity index (χ0n) is 19.2. The van der Waals surface area contributed by atoms with E-state index in [2.05, 4.69) is 0 Å². The van der Waals surface area contributed by atoms with Crippen LogP contribution < -0.4 is 0 Å². The Bertz CT molecular complexity index is 838. The Morgan fingerprint density at radius 1 is 1.09 bits per heavy atom. The molecule has 2 amide bonds. The number of carbonyl (C=O) groups is 3. The second-order valence-corrected chi connectivity index (χ2v) is 9.46. The molecule has 2 fully saturated rings. The van der Waals surface area contributed by atoms with Crippen molar-refractivity contribution >= 4 is 17.8 Å². The molecule has 5 atom stereocenters. The van der Waals surface area contributed by atoms with Crippen molar-refractivity contribution in [1.29, 1.82) is 0 Å². The molecule has 0 aliphatic carbocycles. The molecule has 176 valence electrons. The quantitative estimate of drug-likeness (QED) is 0.361. The van der Waals surface area contributed by atoms with E-state index in [0.717, 1.165) is 6.42 Å². The van der Waals surface area contributed by atoms with Gasteiger partial charge in [0.15, 0.2) is 0 Å². The van der Waals surface area contributed by atoms with Gasteiger partial charge in [-0.15, -0.1) is 0 Å². The van der Waals surface area contributed by atoms with Gasteiger partial charge in [0.25, 0.3) is 0 Å². The Balaban J connectivity index is 1.81. The van der Waals surface area contributed by atoms with Gasteiger partial charge in [0, 0.05) is 25.7 Å². The fourth-order valence-electron chi connectivity index (χ4n) is 5.89. The number of rotatable bonds is 7. The second-order valence-electron chi connectivity index (χ2n) is 9.46. The number of aliphatic hydroxyl groups excluding tert-OH is 1. The summed E-state index contributed by atoms with van der Waals surface area (Å²) < 4.78 is 12.2. The number of hydrogen-bond donors (Lipinski definition) is 1. The fourth-order valence-corrected chi connectivity index (χ4v) is 5.89. The highest BCUT2D eigenvalue weighted by Gasteiger charge is 2.75. The number of aliphatic hydroxyl groups is 1. The van der Waals surface area contributed by atoms with Crippen LogP contribution in [0.5, 0.6) is 0 Å². The van der Waals surface area contributed by atoms with Crippen LogP contribution >= 0.6 is 0 Å². The molecule has 2 saturated heterocycles. The van der Waals surface area contributed by atoms with Crippen LogP contribution in [0.25, 0.3) is 0 Å². The SMILES string of the molecule is CC[C@]12C=CCOC(=O)[C@H]1[C@H]1C(=O)N(CCCCCO)C3C(=O)N(C(C)C)CC=C[C@@]31O2. The zero-order valence-corrected chi connectivity index (χ0v) is 19.2. The Kier molecular flexibility index (Phi) is 6.20. The average Bonchev–Trinajstić information content (AvgIpc) is 3.03. The summed E-state index contributed by atoms with van der Waals surface area (Å²) in [5.74, 6) is -2.43. The van der Waals surface area contributed by atoms with Gasteiger partial charge in [-0.2, -0.15) is 0 Å². The number of ether oxygens (including phenoxy) is 2. The number of carbonyl (C=O) groups excluding carboxylic acids is 3. The minimum Gasteiger partial charge on any atom is -0.461 e. The second kappa shape index (κ2) is 8.63.